The molecule has 3 unspecified atom stereocenters. The summed E-state index contributed by atoms with van der Waals surface area (Å²) in [5, 5.41) is 0. The molecule has 3 atom stereocenters. The molecule has 6 nitrogen and oxygen atoms in total. The van der Waals surface area contributed by atoms with E-state index in [1.807, 2.05) is 13.0 Å². The van der Waals surface area contributed by atoms with Gasteiger partial charge in [-0.15, -0.1) is 0 Å². The standard InChI is InChI=1S/C14H19NO5/c1-8-5-6-9-10(12(16)18-4)7-19-13(11(8)9)20-14(17)15(2)3/h5,7,9,11,13H,6H2,1-4H3. The van der Waals surface area contributed by atoms with Crippen molar-refractivity contribution in [2.45, 2.75) is 19.6 Å². The largest absolute Gasteiger partial charge is 0.466 e. The molecule has 0 spiro atoms. The number of methoxy groups -OCH3 is 1. The number of esters is 1. The molecule has 1 aliphatic heterocycles. The van der Waals surface area contributed by atoms with Gasteiger partial charge in [0.1, 0.15) is 0 Å². The highest BCUT2D eigenvalue weighted by molar-refractivity contribution is 5.89. The highest BCUT2D eigenvalue weighted by atomic mass is 16.7. The molecule has 0 aromatic heterocycles. The Morgan fingerprint density at radius 3 is 2.70 bits per heavy atom. The number of carbonyl (C=O) groups excluding carboxylic acids is 2. The third-order valence-corrected chi connectivity index (χ3v) is 3.68. The van der Waals surface area contributed by atoms with E-state index >= 15 is 0 Å². The van der Waals surface area contributed by atoms with E-state index in [0.29, 0.717) is 5.57 Å². The van der Waals surface area contributed by atoms with Crippen molar-refractivity contribution in [2.75, 3.05) is 21.2 Å². The van der Waals surface area contributed by atoms with E-state index in [2.05, 4.69) is 0 Å². The SMILES string of the molecule is COC(=O)C1=COC(OC(=O)N(C)C)C2C(C)=CCC12. The fourth-order valence-corrected chi connectivity index (χ4v) is 2.57. The monoisotopic (exact) mass is 281 g/mol. The Kier molecular flexibility index (Phi) is 4.01. The van der Waals surface area contributed by atoms with Crippen molar-refractivity contribution in [3.8, 4) is 0 Å². The molecule has 0 aromatic carbocycles. The smallest absolute Gasteiger partial charge is 0.412 e. The molecule has 0 fully saturated rings. The molecule has 2 rings (SSSR count). The molecule has 0 saturated carbocycles. The second kappa shape index (κ2) is 5.56. The molecule has 20 heavy (non-hydrogen) atoms. The number of carbonyl (C=O) groups is 2. The summed E-state index contributed by atoms with van der Waals surface area (Å²) < 4.78 is 15.5. The summed E-state index contributed by atoms with van der Waals surface area (Å²) in [6.45, 7) is 1.95. The van der Waals surface area contributed by atoms with Crippen LogP contribution < -0.4 is 0 Å². The summed E-state index contributed by atoms with van der Waals surface area (Å²) >= 11 is 0. The van der Waals surface area contributed by atoms with Gasteiger partial charge in [-0.1, -0.05) is 11.6 Å². The van der Waals surface area contributed by atoms with Crippen molar-refractivity contribution in [1.29, 1.82) is 0 Å². The Hall–Kier alpha value is -1.98. The molecule has 0 N–H and O–H groups in total. The predicted molar refractivity (Wildman–Crippen MR) is 70.5 cm³/mol. The van der Waals surface area contributed by atoms with Gasteiger partial charge in [-0.05, 0) is 13.3 Å². The van der Waals surface area contributed by atoms with E-state index < -0.39 is 18.4 Å². The summed E-state index contributed by atoms with van der Waals surface area (Å²) in [5.41, 5.74) is 1.55. The number of allylic oxidation sites excluding steroid dienone is 1. The lowest BCUT2D eigenvalue weighted by atomic mass is 9.84. The number of amides is 1. The van der Waals surface area contributed by atoms with E-state index in [1.165, 1.54) is 18.3 Å². The molecule has 6 heteroatoms. The van der Waals surface area contributed by atoms with Crippen LogP contribution in [0.2, 0.25) is 0 Å². The van der Waals surface area contributed by atoms with Gasteiger partial charge in [0.2, 0.25) is 0 Å². The van der Waals surface area contributed by atoms with Crippen molar-refractivity contribution in [3.05, 3.63) is 23.5 Å². The summed E-state index contributed by atoms with van der Waals surface area (Å²) in [6, 6.07) is 0. The number of ether oxygens (including phenoxy) is 3. The normalized spacial score (nSPS) is 27.7. The van der Waals surface area contributed by atoms with E-state index in [9.17, 15) is 9.59 Å². The molecular weight excluding hydrogens is 262 g/mol. The molecule has 1 heterocycles. The van der Waals surface area contributed by atoms with Crippen LogP contribution in [0.5, 0.6) is 0 Å². The van der Waals surface area contributed by atoms with Crippen molar-refractivity contribution in [2.24, 2.45) is 11.8 Å². The fourth-order valence-electron chi connectivity index (χ4n) is 2.57. The van der Waals surface area contributed by atoms with Crippen molar-refractivity contribution in [3.63, 3.8) is 0 Å². The average molecular weight is 281 g/mol. The number of nitrogens with zero attached hydrogens (tertiary/aromatic N) is 1. The minimum Gasteiger partial charge on any atom is -0.466 e. The van der Waals surface area contributed by atoms with Crippen LogP contribution in [0, 0.1) is 11.8 Å². The van der Waals surface area contributed by atoms with Crippen molar-refractivity contribution in [1.82, 2.24) is 4.90 Å². The first kappa shape index (κ1) is 14.4. The van der Waals surface area contributed by atoms with Gasteiger partial charge < -0.3 is 19.1 Å². The lowest BCUT2D eigenvalue weighted by Gasteiger charge is -2.34. The quantitative estimate of drug-likeness (QED) is 0.569. The van der Waals surface area contributed by atoms with E-state index in [1.54, 1.807) is 14.1 Å². The molecule has 0 aromatic rings. The van der Waals surface area contributed by atoms with Gasteiger partial charge in [-0.25, -0.2) is 9.59 Å². The van der Waals surface area contributed by atoms with Gasteiger partial charge in [0.05, 0.1) is 24.9 Å². The fraction of sp³-hybridized carbons (Fsp3) is 0.571. The third-order valence-electron chi connectivity index (χ3n) is 3.68. The first-order valence-corrected chi connectivity index (χ1v) is 6.44. The number of hydrogen-bond donors (Lipinski definition) is 0. The van der Waals surface area contributed by atoms with Gasteiger partial charge in [0, 0.05) is 20.0 Å². The van der Waals surface area contributed by atoms with Crippen LogP contribution in [0.15, 0.2) is 23.5 Å². The molecule has 2 aliphatic rings. The molecule has 1 amide bonds. The maximum atomic E-state index is 11.7. The van der Waals surface area contributed by atoms with E-state index in [4.69, 9.17) is 14.2 Å². The van der Waals surface area contributed by atoms with Gasteiger partial charge >= 0.3 is 12.1 Å². The topological polar surface area (TPSA) is 65.1 Å². The molecule has 1 aliphatic carbocycles. The lowest BCUT2D eigenvalue weighted by molar-refractivity contribution is -0.142. The summed E-state index contributed by atoms with van der Waals surface area (Å²) in [7, 11) is 4.55. The first-order valence-electron chi connectivity index (χ1n) is 6.44. The Balaban J connectivity index is 2.20. The highest BCUT2D eigenvalue weighted by Crippen LogP contribution is 2.43. The van der Waals surface area contributed by atoms with Crippen LogP contribution >= 0.6 is 0 Å². The van der Waals surface area contributed by atoms with E-state index in [0.717, 1.165) is 12.0 Å². The average Bonchev–Trinajstić information content (AvgIpc) is 2.81. The molecular formula is C14H19NO5. The number of hydrogen-bond acceptors (Lipinski definition) is 5. The van der Waals surface area contributed by atoms with Crippen LogP contribution in [-0.2, 0) is 19.0 Å². The Bertz CT molecular complexity index is 480. The van der Waals surface area contributed by atoms with Gasteiger partial charge in [0.15, 0.2) is 0 Å². The Morgan fingerprint density at radius 1 is 1.40 bits per heavy atom. The second-order valence-electron chi connectivity index (χ2n) is 5.16. The van der Waals surface area contributed by atoms with Crippen LogP contribution in [0.1, 0.15) is 13.3 Å². The minimum absolute atomic E-state index is 0.0591. The first-order chi connectivity index (χ1) is 9.45. The Morgan fingerprint density at radius 2 is 2.10 bits per heavy atom. The summed E-state index contributed by atoms with van der Waals surface area (Å²) in [5.74, 6) is -0.602. The second-order valence-corrected chi connectivity index (χ2v) is 5.16. The maximum Gasteiger partial charge on any atom is 0.412 e. The van der Waals surface area contributed by atoms with Gasteiger partial charge in [-0.2, -0.15) is 0 Å². The van der Waals surface area contributed by atoms with Crippen molar-refractivity contribution >= 4 is 12.1 Å². The predicted octanol–water partition coefficient (Wildman–Crippen LogP) is 1.68. The molecule has 0 bridgehead atoms. The highest BCUT2D eigenvalue weighted by Gasteiger charge is 2.44. The van der Waals surface area contributed by atoms with Gasteiger partial charge in [-0.3, -0.25) is 0 Å². The van der Waals surface area contributed by atoms with E-state index in [-0.39, 0.29) is 11.8 Å². The van der Waals surface area contributed by atoms with Crippen LogP contribution in [0.4, 0.5) is 4.79 Å². The molecule has 0 radical (unpaired) electrons. The Labute approximate surface area is 118 Å². The maximum absolute atomic E-state index is 11.7. The summed E-state index contributed by atoms with van der Waals surface area (Å²) in [6.07, 6.45) is 2.94. The van der Waals surface area contributed by atoms with Crippen molar-refractivity contribution < 1.29 is 23.8 Å². The lowest BCUT2D eigenvalue weighted by Crippen LogP contribution is -2.39. The van der Waals surface area contributed by atoms with Gasteiger partial charge in [0.25, 0.3) is 6.29 Å². The van der Waals surface area contributed by atoms with Crippen LogP contribution in [0.25, 0.3) is 0 Å². The minimum atomic E-state index is -0.706. The van der Waals surface area contributed by atoms with Crippen LogP contribution in [-0.4, -0.2) is 44.5 Å². The van der Waals surface area contributed by atoms with Crippen LogP contribution in [0.3, 0.4) is 0 Å². The molecule has 0 saturated heterocycles. The zero-order valence-electron chi connectivity index (χ0n) is 12.1. The zero-order valence-corrected chi connectivity index (χ0v) is 12.1. The summed E-state index contributed by atoms with van der Waals surface area (Å²) in [4.78, 5) is 24.8. The third kappa shape index (κ3) is 2.50. The zero-order chi connectivity index (χ0) is 14.9. The molecule has 110 valence electrons. The number of fused-ring (bicyclic) bond motifs is 1. The number of rotatable bonds is 2.